The van der Waals surface area contributed by atoms with Crippen molar-refractivity contribution in [1.29, 1.82) is 0 Å². The molecule has 2 aliphatic rings. The van der Waals surface area contributed by atoms with E-state index in [1.165, 1.54) is 0 Å². The zero-order valence-corrected chi connectivity index (χ0v) is 16.5. The maximum absolute atomic E-state index is 14.7. The van der Waals surface area contributed by atoms with Gasteiger partial charge in [-0.3, -0.25) is 4.79 Å². The molecule has 6 heteroatoms. The maximum atomic E-state index is 14.7. The first kappa shape index (κ1) is 19.7. The minimum absolute atomic E-state index is 0.0939. The first-order chi connectivity index (χ1) is 13.9. The Labute approximate surface area is 169 Å². The number of carboxylic acids is 1. The van der Waals surface area contributed by atoms with Crippen LogP contribution in [0.3, 0.4) is 0 Å². The molecule has 29 heavy (non-hydrogen) atoms. The molecule has 4 rings (SSSR count). The van der Waals surface area contributed by atoms with E-state index in [4.69, 9.17) is 9.84 Å². The SMILES string of the molecule is CC1c2ccc(CCC(=O)O)cc2CCN1c1cc(OC2CCC2)cc(F)c1F. The van der Waals surface area contributed by atoms with E-state index < -0.39 is 17.6 Å². The fourth-order valence-electron chi connectivity index (χ4n) is 4.13. The van der Waals surface area contributed by atoms with Crippen molar-refractivity contribution in [2.24, 2.45) is 0 Å². The Morgan fingerprint density at radius 1 is 1.24 bits per heavy atom. The summed E-state index contributed by atoms with van der Waals surface area (Å²) in [6.45, 7) is 2.53. The van der Waals surface area contributed by atoms with Gasteiger partial charge in [-0.2, -0.15) is 0 Å². The Kier molecular flexibility index (Phi) is 5.43. The number of fused-ring (bicyclic) bond motifs is 1. The van der Waals surface area contributed by atoms with Crippen molar-refractivity contribution in [2.75, 3.05) is 11.4 Å². The van der Waals surface area contributed by atoms with E-state index in [2.05, 4.69) is 0 Å². The van der Waals surface area contributed by atoms with E-state index >= 15 is 0 Å². The normalized spacial score (nSPS) is 18.9. The first-order valence-corrected chi connectivity index (χ1v) is 10.2. The lowest BCUT2D eigenvalue weighted by atomic mass is 9.90. The molecular weight excluding hydrogens is 376 g/mol. The zero-order valence-electron chi connectivity index (χ0n) is 16.5. The van der Waals surface area contributed by atoms with Crippen molar-refractivity contribution in [3.63, 3.8) is 0 Å². The van der Waals surface area contributed by atoms with Crippen LogP contribution in [0.5, 0.6) is 5.75 Å². The second-order valence-electron chi connectivity index (χ2n) is 7.96. The second-order valence-corrected chi connectivity index (χ2v) is 7.96. The van der Waals surface area contributed by atoms with Gasteiger partial charge in [-0.25, -0.2) is 8.78 Å². The third-order valence-electron chi connectivity index (χ3n) is 6.02. The summed E-state index contributed by atoms with van der Waals surface area (Å²) >= 11 is 0. The number of hydrogen-bond acceptors (Lipinski definition) is 3. The van der Waals surface area contributed by atoms with E-state index in [1.54, 1.807) is 6.07 Å². The highest BCUT2D eigenvalue weighted by molar-refractivity contribution is 5.67. The van der Waals surface area contributed by atoms with Crippen molar-refractivity contribution < 1.29 is 23.4 Å². The van der Waals surface area contributed by atoms with Crippen LogP contribution in [0.2, 0.25) is 0 Å². The van der Waals surface area contributed by atoms with Crippen LogP contribution < -0.4 is 9.64 Å². The van der Waals surface area contributed by atoms with E-state index in [-0.39, 0.29) is 24.3 Å². The third kappa shape index (κ3) is 4.07. The number of ether oxygens (including phenoxy) is 1. The Hall–Kier alpha value is -2.63. The number of aliphatic carboxylic acids is 1. The molecule has 1 fully saturated rings. The molecule has 0 bridgehead atoms. The average molecular weight is 401 g/mol. The predicted molar refractivity (Wildman–Crippen MR) is 106 cm³/mol. The summed E-state index contributed by atoms with van der Waals surface area (Å²) in [5.41, 5.74) is 3.41. The van der Waals surface area contributed by atoms with Crippen molar-refractivity contribution >= 4 is 11.7 Å². The molecule has 0 spiro atoms. The molecule has 1 unspecified atom stereocenters. The molecular formula is C23H25F2NO3. The zero-order chi connectivity index (χ0) is 20.5. The highest BCUT2D eigenvalue weighted by Gasteiger charge is 2.28. The number of aryl methyl sites for hydroxylation is 1. The fourth-order valence-corrected chi connectivity index (χ4v) is 4.13. The topological polar surface area (TPSA) is 49.8 Å². The van der Waals surface area contributed by atoms with Gasteiger partial charge in [0.05, 0.1) is 17.8 Å². The summed E-state index contributed by atoms with van der Waals surface area (Å²) in [7, 11) is 0. The highest BCUT2D eigenvalue weighted by atomic mass is 19.2. The largest absolute Gasteiger partial charge is 0.490 e. The molecule has 4 nitrogen and oxygen atoms in total. The average Bonchev–Trinajstić information content (AvgIpc) is 2.66. The van der Waals surface area contributed by atoms with Gasteiger partial charge in [-0.1, -0.05) is 18.2 Å². The molecule has 0 aromatic heterocycles. The smallest absolute Gasteiger partial charge is 0.303 e. The predicted octanol–water partition coefficient (Wildman–Crippen LogP) is 5.04. The molecule has 1 atom stereocenters. The fraction of sp³-hybridized carbons (Fsp3) is 0.435. The van der Waals surface area contributed by atoms with Crippen molar-refractivity contribution in [2.45, 2.75) is 57.6 Å². The van der Waals surface area contributed by atoms with Crippen LogP contribution in [0.25, 0.3) is 0 Å². The van der Waals surface area contributed by atoms with Gasteiger partial charge < -0.3 is 14.7 Å². The van der Waals surface area contributed by atoms with Gasteiger partial charge in [0.1, 0.15) is 5.75 Å². The molecule has 0 radical (unpaired) electrons. The van der Waals surface area contributed by atoms with Crippen LogP contribution in [0, 0.1) is 11.6 Å². The van der Waals surface area contributed by atoms with Crippen LogP contribution in [0.4, 0.5) is 14.5 Å². The molecule has 0 amide bonds. The maximum Gasteiger partial charge on any atom is 0.303 e. The number of anilines is 1. The lowest BCUT2D eigenvalue weighted by Gasteiger charge is -2.38. The number of benzene rings is 2. The summed E-state index contributed by atoms with van der Waals surface area (Å²) in [6.07, 6.45) is 4.37. The standard InChI is InChI=1S/C23H25F2NO3/c1-14-19-7-5-15(6-8-22(27)28)11-16(19)9-10-26(14)21-13-18(12-20(24)23(21)25)29-17-3-2-4-17/h5,7,11-14,17H,2-4,6,8-10H2,1H3,(H,27,28). The van der Waals surface area contributed by atoms with Crippen molar-refractivity contribution in [3.8, 4) is 5.75 Å². The van der Waals surface area contributed by atoms with Gasteiger partial charge in [0.15, 0.2) is 11.6 Å². The van der Waals surface area contributed by atoms with Crippen LogP contribution in [0.15, 0.2) is 30.3 Å². The van der Waals surface area contributed by atoms with Gasteiger partial charge in [0, 0.05) is 25.1 Å². The third-order valence-corrected chi connectivity index (χ3v) is 6.02. The number of halogens is 2. The lowest BCUT2D eigenvalue weighted by Crippen LogP contribution is -2.35. The van der Waals surface area contributed by atoms with Gasteiger partial charge >= 0.3 is 5.97 Å². The van der Waals surface area contributed by atoms with Gasteiger partial charge in [-0.05, 0) is 55.7 Å². The molecule has 2 aromatic carbocycles. The van der Waals surface area contributed by atoms with Crippen LogP contribution in [-0.4, -0.2) is 23.7 Å². The summed E-state index contributed by atoms with van der Waals surface area (Å²) in [6, 6.07) is 8.56. The minimum atomic E-state index is -0.890. The van der Waals surface area contributed by atoms with Gasteiger partial charge in [-0.15, -0.1) is 0 Å². The molecule has 0 saturated heterocycles. The first-order valence-electron chi connectivity index (χ1n) is 10.2. The number of rotatable bonds is 6. The summed E-state index contributed by atoms with van der Waals surface area (Å²) in [5.74, 6) is -2.17. The van der Waals surface area contributed by atoms with Crippen LogP contribution >= 0.6 is 0 Å². The Balaban J connectivity index is 1.58. The van der Waals surface area contributed by atoms with Crippen molar-refractivity contribution in [1.82, 2.24) is 0 Å². The van der Waals surface area contributed by atoms with Gasteiger partial charge in [0.25, 0.3) is 0 Å². The number of nitrogens with zero attached hydrogens (tertiary/aromatic N) is 1. The van der Waals surface area contributed by atoms with E-state index in [1.807, 2.05) is 30.0 Å². The number of hydrogen-bond donors (Lipinski definition) is 1. The Bertz CT molecular complexity index is 927. The Morgan fingerprint density at radius 2 is 2.03 bits per heavy atom. The van der Waals surface area contributed by atoms with Crippen LogP contribution in [-0.2, 0) is 17.6 Å². The van der Waals surface area contributed by atoms with Crippen LogP contribution in [0.1, 0.15) is 55.3 Å². The number of carbonyl (C=O) groups is 1. The molecule has 2 aromatic rings. The molecule has 1 aliphatic carbocycles. The highest BCUT2D eigenvalue weighted by Crippen LogP contribution is 2.38. The monoisotopic (exact) mass is 401 g/mol. The van der Waals surface area contributed by atoms with E-state index in [0.717, 1.165) is 42.0 Å². The Morgan fingerprint density at radius 3 is 2.72 bits per heavy atom. The molecule has 1 aliphatic heterocycles. The van der Waals surface area contributed by atoms with Crippen molar-refractivity contribution in [3.05, 3.63) is 58.7 Å². The minimum Gasteiger partial charge on any atom is -0.490 e. The molecule has 1 heterocycles. The summed E-state index contributed by atoms with van der Waals surface area (Å²) in [4.78, 5) is 12.7. The van der Waals surface area contributed by atoms with E-state index in [0.29, 0.717) is 25.1 Å². The lowest BCUT2D eigenvalue weighted by molar-refractivity contribution is -0.136. The molecule has 1 saturated carbocycles. The summed E-state index contributed by atoms with van der Waals surface area (Å²) in [5, 5.41) is 8.88. The van der Waals surface area contributed by atoms with Gasteiger partial charge in [0.2, 0.25) is 0 Å². The summed E-state index contributed by atoms with van der Waals surface area (Å²) < 4.78 is 34.7. The number of carboxylic acid groups (broad SMARTS) is 1. The molecule has 1 N–H and O–H groups in total. The molecule has 154 valence electrons. The quantitative estimate of drug-likeness (QED) is 0.737. The second kappa shape index (κ2) is 8.01. The van der Waals surface area contributed by atoms with E-state index in [9.17, 15) is 13.6 Å².